The van der Waals surface area contributed by atoms with E-state index in [1.165, 1.54) is 23.9 Å². The Morgan fingerprint density at radius 3 is 2.84 bits per heavy atom. The number of nitrogens with zero attached hydrogens (tertiary/aromatic N) is 2. The molecule has 0 saturated carbocycles. The molecule has 0 aliphatic rings. The third-order valence-electron chi connectivity index (χ3n) is 2.53. The van der Waals surface area contributed by atoms with E-state index in [1.54, 1.807) is 17.4 Å². The lowest BCUT2D eigenvalue weighted by Crippen LogP contribution is -1.83. The first-order valence-corrected chi connectivity index (χ1v) is 7.12. The third kappa shape index (κ3) is 2.46. The molecule has 2 aromatic carbocycles. The summed E-state index contributed by atoms with van der Waals surface area (Å²) in [5.74, 6) is -0.398. The quantitative estimate of drug-likeness (QED) is 0.698. The van der Waals surface area contributed by atoms with Gasteiger partial charge >= 0.3 is 0 Å². The molecule has 1 heterocycles. The zero-order valence-electron chi connectivity index (χ0n) is 9.63. The molecular formula is C14H7FN2S2. The van der Waals surface area contributed by atoms with Crippen LogP contribution in [0.3, 0.4) is 0 Å². The number of fused-ring (bicyclic) bond motifs is 1. The lowest BCUT2D eigenvalue weighted by atomic mass is 10.2. The standard InChI is InChI=1S/C14H7FN2S2/c15-10-5-6-12(9(7-10)8-16)18-14-17-11-3-1-2-4-13(11)19-14/h1-7H. The molecule has 0 radical (unpaired) electrons. The molecule has 92 valence electrons. The fourth-order valence-electron chi connectivity index (χ4n) is 1.67. The molecule has 1 aromatic heterocycles. The molecule has 3 aromatic rings. The van der Waals surface area contributed by atoms with Gasteiger partial charge in [-0.2, -0.15) is 5.26 Å². The van der Waals surface area contributed by atoms with E-state index in [0.717, 1.165) is 19.5 Å². The number of thiazole rings is 1. The number of aromatic nitrogens is 1. The molecule has 0 saturated heterocycles. The number of nitriles is 1. The summed E-state index contributed by atoms with van der Waals surface area (Å²) in [6, 6.07) is 14.1. The highest BCUT2D eigenvalue weighted by Crippen LogP contribution is 2.35. The van der Waals surface area contributed by atoms with Gasteiger partial charge in [-0.25, -0.2) is 9.37 Å². The maximum atomic E-state index is 13.1. The Balaban J connectivity index is 1.99. The molecule has 0 atom stereocenters. The molecule has 0 aliphatic carbocycles. The third-order valence-corrected chi connectivity index (χ3v) is 4.71. The van der Waals surface area contributed by atoms with E-state index in [1.807, 2.05) is 30.3 Å². The van der Waals surface area contributed by atoms with Crippen molar-refractivity contribution in [2.75, 3.05) is 0 Å². The number of rotatable bonds is 2. The topological polar surface area (TPSA) is 36.7 Å². The summed E-state index contributed by atoms with van der Waals surface area (Å²) in [6.07, 6.45) is 0. The SMILES string of the molecule is N#Cc1cc(F)ccc1Sc1nc2ccccc2s1. The number of hydrogen-bond acceptors (Lipinski definition) is 4. The zero-order valence-corrected chi connectivity index (χ0v) is 11.3. The lowest BCUT2D eigenvalue weighted by molar-refractivity contribution is 0.626. The average molecular weight is 286 g/mol. The Morgan fingerprint density at radius 1 is 1.21 bits per heavy atom. The molecule has 0 fully saturated rings. The smallest absolute Gasteiger partial charge is 0.155 e. The lowest BCUT2D eigenvalue weighted by Gasteiger charge is -2.00. The van der Waals surface area contributed by atoms with Crippen molar-refractivity contribution >= 4 is 33.3 Å². The molecule has 0 spiro atoms. The van der Waals surface area contributed by atoms with Crippen molar-refractivity contribution in [1.82, 2.24) is 4.98 Å². The molecular weight excluding hydrogens is 279 g/mol. The number of benzene rings is 2. The maximum Gasteiger partial charge on any atom is 0.155 e. The molecule has 19 heavy (non-hydrogen) atoms. The van der Waals surface area contributed by atoms with Gasteiger partial charge in [0.1, 0.15) is 11.9 Å². The van der Waals surface area contributed by atoms with Crippen LogP contribution in [0, 0.1) is 17.1 Å². The molecule has 0 amide bonds. The van der Waals surface area contributed by atoms with Crippen LogP contribution in [0.1, 0.15) is 5.56 Å². The van der Waals surface area contributed by atoms with E-state index in [-0.39, 0.29) is 0 Å². The molecule has 0 unspecified atom stereocenters. The van der Waals surface area contributed by atoms with E-state index in [2.05, 4.69) is 4.98 Å². The Kier molecular flexibility index (Phi) is 3.20. The van der Waals surface area contributed by atoms with Crippen LogP contribution in [0.15, 0.2) is 51.7 Å². The fourth-order valence-corrected chi connectivity index (χ4v) is 3.75. The van der Waals surface area contributed by atoms with Crippen molar-refractivity contribution in [1.29, 1.82) is 5.26 Å². The van der Waals surface area contributed by atoms with Gasteiger partial charge < -0.3 is 0 Å². The normalized spacial score (nSPS) is 10.5. The van der Waals surface area contributed by atoms with E-state index < -0.39 is 5.82 Å². The highest BCUT2D eigenvalue weighted by Gasteiger charge is 2.09. The monoisotopic (exact) mass is 286 g/mol. The molecule has 0 bridgehead atoms. The van der Waals surface area contributed by atoms with Gasteiger partial charge in [-0.15, -0.1) is 11.3 Å². The van der Waals surface area contributed by atoms with Gasteiger partial charge in [-0.3, -0.25) is 0 Å². The Morgan fingerprint density at radius 2 is 2.05 bits per heavy atom. The average Bonchev–Trinajstić information content (AvgIpc) is 2.83. The van der Waals surface area contributed by atoms with Crippen LogP contribution in [-0.2, 0) is 0 Å². The molecule has 0 aliphatic heterocycles. The minimum Gasteiger partial charge on any atom is -0.229 e. The van der Waals surface area contributed by atoms with Crippen LogP contribution >= 0.6 is 23.1 Å². The van der Waals surface area contributed by atoms with Crippen molar-refractivity contribution in [3.8, 4) is 6.07 Å². The van der Waals surface area contributed by atoms with Crippen LogP contribution < -0.4 is 0 Å². The van der Waals surface area contributed by atoms with Gasteiger partial charge in [-0.05, 0) is 30.3 Å². The van der Waals surface area contributed by atoms with Gasteiger partial charge in [0.25, 0.3) is 0 Å². The summed E-state index contributed by atoms with van der Waals surface area (Å²) in [4.78, 5) is 5.21. The van der Waals surface area contributed by atoms with Crippen molar-refractivity contribution < 1.29 is 4.39 Å². The summed E-state index contributed by atoms with van der Waals surface area (Å²) in [7, 11) is 0. The van der Waals surface area contributed by atoms with Crippen LogP contribution in [0.5, 0.6) is 0 Å². The number of para-hydroxylation sites is 1. The van der Waals surface area contributed by atoms with Crippen molar-refractivity contribution in [2.24, 2.45) is 0 Å². The first kappa shape index (κ1) is 12.2. The van der Waals surface area contributed by atoms with Gasteiger partial charge in [0.05, 0.1) is 15.8 Å². The highest BCUT2D eigenvalue weighted by atomic mass is 32.2. The maximum absolute atomic E-state index is 13.1. The summed E-state index contributed by atoms with van der Waals surface area (Å²) in [5.41, 5.74) is 1.28. The summed E-state index contributed by atoms with van der Waals surface area (Å²) < 4.78 is 15.0. The van der Waals surface area contributed by atoms with Gasteiger partial charge in [0.2, 0.25) is 0 Å². The second-order valence-electron chi connectivity index (χ2n) is 3.80. The molecule has 0 N–H and O–H groups in total. The summed E-state index contributed by atoms with van der Waals surface area (Å²) in [5, 5.41) is 9.01. The van der Waals surface area contributed by atoms with Crippen LogP contribution in [-0.4, -0.2) is 4.98 Å². The Labute approximate surface area is 117 Å². The summed E-state index contributed by atoms with van der Waals surface area (Å²) >= 11 is 2.96. The predicted molar refractivity (Wildman–Crippen MR) is 74.9 cm³/mol. The first-order chi connectivity index (χ1) is 9.26. The molecule has 3 rings (SSSR count). The van der Waals surface area contributed by atoms with Crippen LogP contribution in [0.2, 0.25) is 0 Å². The second-order valence-corrected chi connectivity index (χ2v) is 6.12. The molecule has 2 nitrogen and oxygen atoms in total. The van der Waals surface area contributed by atoms with E-state index in [9.17, 15) is 4.39 Å². The Hall–Kier alpha value is -1.90. The minimum absolute atomic E-state index is 0.337. The fraction of sp³-hybridized carbons (Fsp3) is 0. The number of halogens is 1. The van der Waals surface area contributed by atoms with Crippen LogP contribution in [0.25, 0.3) is 10.2 Å². The largest absolute Gasteiger partial charge is 0.229 e. The minimum atomic E-state index is -0.398. The summed E-state index contributed by atoms with van der Waals surface area (Å²) in [6.45, 7) is 0. The van der Waals surface area contributed by atoms with Gasteiger partial charge in [-0.1, -0.05) is 23.9 Å². The van der Waals surface area contributed by atoms with Crippen molar-refractivity contribution in [3.63, 3.8) is 0 Å². The Bertz CT molecular complexity index is 756. The van der Waals surface area contributed by atoms with Gasteiger partial charge in [0.15, 0.2) is 4.34 Å². The van der Waals surface area contributed by atoms with Crippen LogP contribution in [0.4, 0.5) is 4.39 Å². The van der Waals surface area contributed by atoms with Gasteiger partial charge in [0, 0.05) is 4.90 Å². The van der Waals surface area contributed by atoms with Crippen molar-refractivity contribution in [3.05, 3.63) is 53.8 Å². The zero-order chi connectivity index (χ0) is 13.2. The first-order valence-electron chi connectivity index (χ1n) is 5.49. The predicted octanol–water partition coefficient (Wildman–Crippen LogP) is 4.46. The van der Waals surface area contributed by atoms with E-state index in [4.69, 9.17) is 5.26 Å². The number of hydrogen-bond donors (Lipinski definition) is 0. The molecule has 5 heteroatoms. The second kappa shape index (κ2) is 5.00. The van der Waals surface area contributed by atoms with Crippen molar-refractivity contribution in [2.45, 2.75) is 9.24 Å². The highest BCUT2D eigenvalue weighted by molar-refractivity contribution is 8.01. The van der Waals surface area contributed by atoms with E-state index >= 15 is 0 Å². The van der Waals surface area contributed by atoms with E-state index in [0.29, 0.717) is 5.56 Å².